The first kappa shape index (κ1) is 13.7. The van der Waals surface area contributed by atoms with Crippen molar-refractivity contribution in [2.75, 3.05) is 0 Å². The van der Waals surface area contributed by atoms with E-state index in [1.54, 1.807) is 6.07 Å². The molecule has 0 aliphatic rings. The van der Waals surface area contributed by atoms with Gasteiger partial charge in [-0.25, -0.2) is 0 Å². The van der Waals surface area contributed by atoms with Gasteiger partial charge >= 0.3 is 0 Å². The Bertz CT molecular complexity index is 506. The van der Waals surface area contributed by atoms with Crippen LogP contribution < -0.4 is 0 Å². The van der Waals surface area contributed by atoms with Gasteiger partial charge in [0.1, 0.15) is 0 Å². The predicted octanol–water partition coefficient (Wildman–Crippen LogP) is 4.74. The van der Waals surface area contributed by atoms with Gasteiger partial charge in [-0.05, 0) is 44.9 Å². The van der Waals surface area contributed by atoms with E-state index in [2.05, 4.69) is 6.58 Å². The van der Waals surface area contributed by atoms with E-state index in [4.69, 9.17) is 11.6 Å². The SMILES string of the molecule is C=C(C)C(C(=O)c1cccc(C)c1Cl)=C(C)C. The molecule has 0 spiro atoms. The molecule has 0 amide bonds. The second-order valence-corrected chi connectivity index (χ2v) is 4.80. The number of hydrogen-bond donors (Lipinski definition) is 0. The summed E-state index contributed by atoms with van der Waals surface area (Å²) in [6, 6.07) is 5.49. The maximum absolute atomic E-state index is 12.4. The molecule has 0 saturated carbocycles. The summed E-state index contributed by atoms with van der Waals surface area (Å²) >= 11 is 6.17. The first-order valence-electron chi connectivity index (χ1n) is 5.49. The van der Waals surface area contributed by atoms with Crippen LogP contribution in [0.15, 0.2) is 41.5 Å². The van der Waals surface area contributed by atoms with Gasteiger partial charge in [-0.2, -0.15) is 0 Å². The van der Waals surface area contributed by atoms with E-state index in [9.17, 15) is 4.79 Å². The fourth-order valence-corrected chi connectivity index (χ4v) is 2.02. The molecule has 0 unspecified atom stereocenters. The van der Waals surface area contributed by atoms with Gasteiger partial charge in [0.2, 0.25) is 0 Å². The molecular weight excluding hydrogens is 232 g/mol. The number of Topliss-reactive ketones (excluding diaryl/α,β-unsaturated/α-hetero) is 1. The van der Waals surface area contributed by atoms with Gasteiger partial charge in [-0.15, -0.1) is 0 Å². The number of aryl methyl sites for hydroxylation is 1. The lowest BCUT2D eigenvalue weighted by atomic mass is 9.94. The van der Waals surface area contributed by atoms with Crippen molar-refractivity contribution in [1.29, 1.82) is 0 Å². The fraction of sp³-hybridized carbons (Fsp3) is 0.267. The Hall–Kier alpha value is -1.34. The quantitative estimate of drug-likeness (QED) is 0.429. The highest BCUT2D eigenvalue weighted by Crippen LogP contribution is 2.26. The van der Waals surface area contributed by atoms with Gasteiger partial charge in [-0.3, -0.25) is 4.79 Å². The smallest absolute Gasteiger partial charge is 0.194 e. The lowest BCUT2D eigenvalue weighted by Gasteiger charge is -2.11. The number of hydrogen-bond acceptors (Lipinski definition) is 1. The molecule has 17 heavy (non-hydrogen) atoms. The summed E-state index contributed by atoms with van der Waals surface area (Å²) in [5.74, 6) is -0.0498. The summed E-state index contributed by atoms with van der Waals surface area (Å²) in [4.78, 5) is 12.4. The summed E-state index contributed by atoms with van der Waals surface area (Å²) in [6.45, 7) is 11.4. The highest BCUT2D eigenvalue weighted by atomic mass is 35.5. The first-order chi connectivity index (χ1) is 7.86. The standard InChI is InChI=1S/C15H17ClO/c1-9(2)13(10(3)4)15(17)12-8-6-7-11(5)14(12)16/h6-8H,1H2,2-5H3. The van der Waals surface area contributed by atoms with Crippen LogP contribution in [0.5, 0.6) is 0 Å². The van der Waals surface area contributed by atoms with Crippen molar-refractivity contribution in [3.63, 3.8) is 0 Å². The summed E-state index contributed by atoms with van der Waals surface area (Å²) in [5.41, 5.74) is 3.85. The number of rotatable bonds is 3. The van der Waals surface area contributed by atoms with Crippen LogP contribution in [-0.4, -0.2) is 5.78 Å². The van der Waals surface area contributed by atoms with Gasteiger partial charge in [0.05, 0.1) is 5.02 Å². The summed E-state index contributed by atoms with van der Waals surface area (Å²) < 4.78 is 0. The largest absolute Gasteiger partial charge is 0.289 e. The molecule has 2 heteroatoms. The lowest BCUT2D eigenvalue weighted by Crippen LogP contribution is -2.07. The molecule has 1 aromatic rings. The topological polar surface area (TPSA) is 17.1 Å². The molecule has 0 saturated heterocycles. The summed E-state index contributed by atoms with van der Waals surface area (Å²) in [6.07, 6.45) is 0. The van der Waals surface area contributed by atoms with Crippen molar-refractivity contribution in [3.8, 4) is 0 Å². The maximum Gasteiger partial charge on any atom is 0.194 e. The average Bonchev–Trinajstić information content (AvgIpc) is 2.20. The number of allylic oxidation sites excluding steroid dienone is 3. The van der Waals surface area contributed by atoms with Crippen LogP contribution in [0.2, 0.25) is 5.02 Å². The van der Waals surface area contributed by atoms with Crippen LogP contribution in [0, 0.1) is 6.92 Å². The molecule has 0 atom stereocenters. The van der Waals surface area contributed by atoms with Crippen molar-refractivity contribution < 1.29 is 4.79 Å². The lowest BCUT2D eigenvalue weighted by molar-refractivity contribution is 0.103. The van der Waals surface area contributed by atoms with Crippen LogP contribution in [0.4, 0.5) is 0 Å². The van der Waals surface area contributed by atoms with Crippen LogP contribution in [-0.2, 0) is 0 Å². The number of carbonyl (C=O) groups is 1. The molecule has 0 bridgehead atoms. The monoisotopic (exact) mass is 248 g/mol. The number of carbonyl (C=O) groups excluding carboxylic acids is 1. The molecule has 0 radical (unpaired) electrons. The molecule has 0 aromatic heterocycles. The Kier molecular flexibility index (Phi) is 4.30. The zero-order valence-electron chi connectivity index (χ0n) is 10.7. The Balaban J connectivity index is 3.35. The first-order valence-corrected chi connectivity index (χ1v) is 5.87. The van der Waals surface area contributed by atoms with Crippen molar-refractivity contribution in [2.24, 2.45) is 0 Å². The van der Waals surface area contributed by atoms with Crippen LogP contribution in [0.25, 0.3) is 0 Å². The van der Waals surface area contributed by atoms with E-state index in [0.717, 1.165) is 16.7 Å². The Morgan fingerprint density at radius 3 is 2.29 bits per heavy atom. The molecule has 1 nitrogen and oxygen atoms in total. The van der Waals surface area contributed by atoms with Gasteiger partial charge in [-0.1, -0.05) is 35.9 Å². The second kappa shape index (κ2) is 5.33. The van der Waals surface area contributed by atoms with E-state index < -0.39 is 0 Å². The minimum absolute atomic E-state index is 0.0498. The van der Waals surface area contributed by atoms with Gasteiger partial charge in [0.25, 0.3) is 0 Å². The third kappa shape index (κ3) is 2.86. The third-order valence-corrected chi connectivity index (χ3v) is 3.09. The van der Waals surface area contributed by atoms with Gasteiger partial charge in [0.15, 0.2) is 5.78 Å². The molecule has 0 heterocycles. The average molecular weight is 249 g/mol. The maximum atomic E-state index is 12.4. The molecule has 0 aliphatic carbocycles. The zero-order valence-corrected chi connectivity index (χ0v) is 11.5. The molecule has 0 N–H and O–H groups in total. The van der Waals surface area contributed by atoms with Gasteiger partial charge in [0, 0.05) is 11.1 Å². The number of ketones is 1. The highest BCUT2D eigenvalue weighted by molar-refractivity contribution is 6.35. The van der Waals surface area contributed by atoms with Crippen LogP contribution in [0.3, 0.4) is 0 Å². The third-order valence-electron chi connectivity index (χ3n) is 2.59. The Morgan fingerprint density at radius 2 is 1.82 bits per heavy atom. The minimum atomic E-state index is -0.0498. The second-order valence-electron chi connectivity index (χ2n) is 4.42. The molecule has 0 aliphatic heterocycles. The van der Waals surface area contributed by atoms with E-state index in [0.29, 0.717) is 16.2 Å². The zero-order chi connectivity index (χ0) is 13.2. The van der Waals surface area contributed by atoms with Crippen molar-refractivity contribution in [1.82, 2.24) is 0 Å². The van der Waals surface area contributed by atoms with Crippen LogP contribution >= 0.6 is 11.6 Å². The Labute approximate surface area is 108 Å². The minimum Gasteiger partial charge on any atom is -0.289 e. The van der Waals surface area contributed by atoms with Crippen molar-refractivity contribution >= 4 is 17.4 Å². The number of benzene rings is 1. The van der Waals surface area contributed by atoms with Crippen molar-refractivity contribution in [2.45, 2.75) is 27.7 Å². The molecule has 0 fully saturated rings. The Morgan fingerprint density at radius 1 is 1.24 bits per heavy atom. The van der Waals surface area contributed by atoms with Crippen molar-refractivity contribution in [3.05, 3.63) is 57.6 Å². The summed E-state index contributed by atoms with van der Waals surface area (Å²) in [7, 11) is 0. The van der Waals surface area contributed by atoms with Crippen LogP contribution in [0.1, 0.15) is 36.7 Å². The van der Waals surface area contributed by atoms with Gasteiger partial charge < -0.3 is 0 Å². The number of halogens is 1. The molecule has 90 valence electrons. The summed E-state index contributed by atoms with van der Waals surface area (Å²) in [5, 5.41) is 0.525. The van der Waals surface area contributed by atoms with E-state index in [1.165, 1.54) is 0 Å². The molecular formula is C15H17ClO. The fourth-order valence-electron chi connectivity index (χ4n) is 1.81. The highest BCUT2D eigenvalue weighted by Gasteiger charge is 2.17. The van der Waals surface area contributed by atoms with E-state index in [1.807, 2.05) is 39.8 Å². The van der Waals surface area contributed by atoms with E-state index >= 15 is 0 Å². The van der Waals surface area contributed by atoms with E-state index in [-0.39, 0.29) is 5.78 Å². The predicted molar refractivity (Wildman–Crippen MR) is 73.7 cm³/mol. The molecule has 1 rings (SSSR count). The molecule has 1 aromatic carbocycles. The normalized spacial score (nSPS) is 9.94.